The number of carbonyl (C=O) groups excluding carboxylic acids is 3. The molecule has 2 atom stereocenters. The molecule has 2 unspecified atom stereocenters. The van der Waals surface area contributed by atoms with Gasteiger partial charge in [0.1, 0.15) is 24.2 Å². The van der Waals surface area contributed by atoms with Crippen molar-refractivity contribution < 1.29 is 23.9 Å². The molecular formula is C30H30N4O5. The van der Waals surface area contributed by atoms with E-state index in [9.17, 15) is 14.4 Å². The third kappa shape index (κ3) is 5.34. The zero-order valence-electron chi connectivity index (χ0n) is 21.8. The van der Waals surface area contributed by atoms with Gasteiger partial charge in [-0.05, 0) is 41.8 Å². The van der Waals surface area contributed by atoms with Crippen molar-refractivity contribution in [2.24, 2.45) is 5.73 Å². The highest BCUT2D eigenvalue weighted by atomic mass is 16.5. The second-order valence-electron chi connectivity index (χ2n) is 9.64. The molecule has 0 fully saturated rings. The minimum atomic E-state index is -0.918. The average Bonchev–Trinajstić information content (AvgIpc) is 3.53. The van der Waals surface area contributed by atoms with E-state index in [0.717, 1.165) is 28.0 Å². The monoisotopic (exact) mass is 526 g/mol. The van der Waals surface area contributed by atoms with Crippen LogP contribution >= 0.6 is 0 Å². The molecule has 2 amide bonds. The molecule has 3 N–H and O–H groups in total. The number of ether oxygens (including phenoxy) is 2. The molecule has 39 heavy (non-hydrogen) atoms. The topological polar surface area (TPSA) is 128 Å². The highest BCUT2D eigenvalue weighted by Crippen LogP contribution is 2.33. The second kappa shape index (κ2) is 11.0. The van der Waals surface area contributed by atoms with Crippen molar-refractivity contribution in [1.82, 2.24) is 14.9 Å². The second-order valence-corrected chi connectivity index (χ2v) is 9.64. The molecule has 2 heterocycles. The fourth-order valence-electron chi connectivity index (χ4n) is 4.92. The van der Waals surface area contributed by atoms with E-state index in [4.69, 9.17) is 15.5 Å². The van der Waals surface area contributed by atoms with Gasteiger partial charge in [-0.25, -0.2) is 4.98 Å². The Bertz CT molecular complexity index is 1500. The molecule has 0 bridgehead atoms. The van der Waals surface area contributed by atoms with E-state index in [1.807, 2.05) is 36.4 Å². The molecule has 0 aliphatic carbocycles. The first-order valence-electron chi connectivity index (χ1n) is 12.8. The Morgan fingerprint density at radius 2 is 1.85 bits per heavy atom. The number of rotatable bonds is 10. The summed E-state index contributed by atoms with van der Waals surface area (Å²) in [5.41, 5.74) is 10.8. The number of esters is 1. The van der Waals surface area contributed by atoms with Crippen molar-refractivity contribution >= 4 is 28.8 Å². The molecule has 1 aliphatic heterocycles. The number of nitrogens with zero attached hydrogens (tertiary/aromatic N) is 2. The lowest BCUT2D eigenvalue weighted by Crippen LogP contribution is -2.45. The Morgan fingerprint density at radius 1 is 1.08 bits per heavy atom. The van der Waals surface area contributed by atoms with Crippen LogP contribution < -0.4 is 10.5 Å². The van der Waals surface area contributed by atoms with Gasteiger partial charge in [0.05, 0.1) is 24.7 Å². The first kappa shape index (κ1) is 26.0. The lowest BCUT2D eigenvalue weighted by Gasteiger charge is -2.24. The van der Waals surface area contributed by atoms with Gasteiger partial charge in [-0.15, -0.1) is 0 Å². The number of nitrogens with one attached hydrogen (secondary N) is 1. The number of methoxy groups -OCH3 is 1. The summed E-state index contributed by atoms with van der Waals surface area (Å²) >= 11 is 0. The Morgan fingerprint density at radius 3 is 2.56 bits per heavy atom. The van der Waals surface area contributed by atoms with E-state index < -0.39 is 17.9 Å². The summed E-state index contributed by atoms with van der Waals surface area (Å²) in [5, 5.41) is 0. The maximum absolute atomic E-state index is 13.1. The van der Waals surface area contributed by atoms with Crippen molar-refractivity contribution in [1.29, 1.82) is 0 Å². The zero-order valence-corrected chi connectivity index (χ0v) is 21.8. The number of aromatic nitrogens is 2. The molecule has 4 aromatic rings. The Labute approximate surface area is 225 Å². The lowest BCUT2D eigenvalue weighted by molar-refractivity contribution is -0.141. The molecule has 0 saturated carbocycles. The van der Waals surface area contributed by atoms with Gasteiger partial charge in [-0.3, -0.25) is 14.4 Å². The maximum Gasteiger partial charge on any atom is 0.305 e. The number of aromatic amines is 1. The molecular weight excluding hydrogens is 496 g/mol. The summed E-state index contributed by atoms with van der Waals surface area (Å²) in [7, 11) is 1.27. The molecule has 0 saturated heterocycles. The first-order chi connectivity index (χ1) is 18.9. The van der Waals surface area contributed by atoms with E-state index in [0.29, 0.717) is 23.5 Å². The van der Waals surface area contributed by atoms with Crippen LogP contribution in [0.25, 0.3) is 11.0 Å². The van der Waals surface area contributed by atoms with Crippen molar-refractivity contribution in [2.45, 2.75) is 44.9 Å². The van der Waals surface area contributed by atoms with Gasteiger partial charge in [0.25, 0.3) is 5.91 Å². The highest BCUT2D eigenvalue weighted by molar-refractivity contribution is 6.01. The van der Waals surface area contributed by atoms with Crippen LogP contribution in [0, 0.1) is 0 Å². The average molecular weight is 527 g/mol. The SMILES string of the molecule is COC(=O)CCC(C(N)=O)N1Cc2c(OCc3ccc(C(C)c4nc5ccccc5[nH]4)cc3)cccc2C1=O. The number of amides is 2. The summed E-state index contributed by atoms with van der Waals surface area (Å²) < 4.78 is 10.8. The van der Waals surface area contributed by atoms with E-state index >= 15 is 0 Å². The fourth-order valence-corrected chi connectivity index (χ4v) is 4.92. The number of hydrogen-bond acceptors (Lipinski definition) is 6. The van der Waals surface area contributed by atoms with Crippen molar-refractivity contribution in [3.63, 3.8) is 0 Å². The predicted molar refractivity (Wildman–Crippen MR) is 145 cm³/mol. The zero-order chi connectivity index (χ0) is 27.5. The fraction of sp³-hybridized carbons (Fsp3) is 0.267. The number of carbonyl (C=O) groups is 3. The number of imidazole rings is 1. The standard InChI is InChI=1S/C30H30N4O5/c1-18(29-32-23-7-3-4-8-24(23)33-29)20-12-10-19(11-13-20)17-39-26-9-5-6-21-22(26)16-34(30(21)37)25(28(31)36)14-15-27(35)38-2/h3-13,18,25H,14-17H2,1-2H3,(H2,31,36)(H,32,33). The van der Waals surface area contributed by atoms with Crippen molar-refractivity contribution in [3.05, 3.63) is 94.8 Å². The number of para-hydroxylation sites is 2. The largest absolute Gasteiger partial charge is 0.489 e. The molecule has 1 aliphatic rings. The number of fused-ring (bicyclic) bond motifs is 2. The van der Waals surface area contributed by atoms with Gasteiger partial charge < -0.3 is 25.1 Å². The molecule has 9 nitrogen and oxygen atoms in total. The van der Waals surface area contributed by atoms with Crippen molar-refractivity contribution in [3.8, 4) is 5.75 Å². The first-order valence-corrected chi connectivity index (χ1v) is 12.8. The number of primary amides is 1. The third-order valence-corrected chi connectivity index (χ3v) is 7.20. The highest BCUT2D eigenvalue weighted by Gasteiger charge is 2.37. The van der Waals surface area contributed by atoms with Crippen LogP contribution in [0.2, 0.25) is 0 Å². The molecule has 1 aromatic heterocycles. The summed E-state index contributed by atoms with van der Waals surface area (Å²) in [6.07, 6.45) is 0.0786. The summed E-state index contributed by atoms with van der Waals surface area (Å²) in [6.45, 7) is 2.60. The minimum Gasteiger partial charge on any atom is -0.489 e. The molecule has 3 aromatic carbocycles. The van der Waals surface area contributed by atoms with E-state index in [-0.39, 0.29) is 31.2 Å². The van der Waals surface area contributed by atoms with Crippen molar-refractivity contribution in [2.75, 3.05) is 7.11 Å². The van der Waals surface area contributed by atoms with Crippen LogP contribution in [0.15, 0.2) is 66.7 Å². The number of hydrogen-bond donors (Lipinski definition) is 2. The van der Waals surface area contributed by atoms with E-state index in [1.165, 1.54) is 12.0 Å². The van der Waals surface area contributed by atoms with E-state index in [2.05, 4.69) is 28.8 Å². The molecule has 0 radical (unpaired) electrons. The lowest BCUT2D eigenvalue weighted by atomic mass is 9.99. The molecule has 200 valence electrons. The normalized spacial score (nSPS) is 14.2. The van der Waals surface area contributed by atoms with Gasteiger partial charge in [0.2, 0.25) is 5.91 Å². The number of benzene rings is 3. The smallest absolute Gasteiger partial charge is 0.305 e. The number of H-pyrrole nitrogens is 1. The van der Waals surface area contributed by atoms with Gasteiger partial charge in [0, 0.05) is 23.5 Å². The Kier molecular flexibility index (Phi) is 7.31. The summed E-state index contributed by atoms with van der Waals surface area (Å²) in [6, 6.07) is 20.5. The van der Waals surface area contributed by atoms with Gasteiger partial charge >= 0.3 is 5.97 Å². The van der Waals surface area contributed by atoms with Crippen LogP contribution in [0.3, 0.4) is 0 Å². The quantitative estimate of drug-likeness (QED) is 0.300. The van der Waals surface area contributed by atoms with Crippen LogP contribution in [-0.4, -0.2) is 45.8 Å². The molecule has 9 heteroatoms. The summed E-state index contributed by atoms with van der Waals surface area (Å²) in [5.74, 6) is 0.133. The van der Waals surface area contributed by atoms with Crippen LogP contribution in [0.5, 0.6) is 5.75 Å². The third-order valence-electron chi connectivity index (χ3n) is 7.20. The maximum atomic E-state index is 13.1. The van der Waals surface area contributed by atoms with Crippen LogP contribution in [-0.2, 0) is 27.5 Å². The van der Waals surface area contributed by atoms with E-state index in [1.54, 1.807) is 18.2 Å². The Balaban J connectivity index is 1.26. The minimum absolute atomic E-state index is 0.0153. The van der Waals surface area contributed by atoms with Gasteiger partial charge in [0.15, 0.2) is 0 Å². The molecule has 5 rings (SSSR count). The van der Waals surface area contributed by atoms with Crippen LogP contribution in [0.4, 0.5) is 0 Å². The number of nitrogens with two attached hydrogens (primary N) is 1. The van der Waals surface area contributed by atoms with Gasteiger partial charge in [-0.2, -0.15) is 0 Å². The van der Waals surface area contributed by atoms with Gasteiger partial charge in [-0.1, -0.05) is 49.4 Å². The van der Waals surface area contributed by atoms with Crippen LogP contribution in [0.1, 0.15) is 58.6 Å². The molecule has 0 spiro atoms. The summed E-state index contributed by atoms with van der Waals surface area (Å²) in [4.78, 5) is 46.3. The predicted octanol–water partition coefficient (Wildman–Crippen LogP) is 4.06. The Hall–Kier alpha value is -4.66.